The lowest BCUT2D eigenvalue weighted by Gasteiger charge is -2.34. The molecule has 1 aliphatic carbocycles. The molecule has 0 radical (unpaired) electrons. The summed E-state index contributed by atoms with van der Waals surface area (Å²) in [5.41, 5.74) is 0.968. The zero-order valence-corrected chi connectivity index (χ0v) is 13.2. The van der Waals surface area contributed by atoms with Crippen molar-refractivity contribution < 1.29 is 4.74 Å². The van der Waals surface area contributed by atoms with Gasteiger partial charge in [-0.3, -0.25) is 0 Å². The van der Waals surface area contributed by atoms with Gasteiger partial charge in [0.05, 0.1) is 0 Å². The van der Waals surface area contributed by atoms with Crippen LogP contribution in [0, 0.1) is 0 Å². The molecule has 0 saturated heterocycles. The Balaban J connectivity index is 2.07. The van der Waals surface area contributed by atoms with Crippen LogP contribution in [0.3, 0.4) is 0 Å². The van der Waals surface area contributed by atoms with Crippen molar-refractivity contribution in [1.82, 2.24) is 15.3 Å². The molecule has 4 nitrogen and oxygen atoms in total. The molecule has 1 heterocycles. The van der Waals surface area contributed by atoms with Gasteiger partial charge in [0.2, 0.25) is 0 Å². The molecule has 0 atom stereocenters. The fourth-order valence-electron chi connectivity index (χ4n) is 2.69. The van der Waals surface area contributed by atoms with Crippen LogP contribution >= 0.6 is 0 Å². The number of aromatic nitrogens is 2. The molecule has 1 aromatic rings. The van der Waals surface area contributed by atoms with E-state index in [-0.39, 0.29) is 11.1 Å². The first-order valence-electron chi connectivity index (χ1n) is 7.57. The van der Waals surface area contributed by atoms with E-state index in [9.17, 15) is 0 Å². The van der Waals surface area contributed by atoms with Gasteiger partial charge in [-0.05, 0) is 33.6 Å². The lowest BCUT2D eigenvalue weighted by molar-refractivity contribution is -0.0515. The van der Waals surface area contributed by atoms with Crippen LogP contribution in [0.2, 0.25) is 0 Å². The van der Waals surface area contributed by atoms with Crippen molar-refractivity contribution in [1.29, 1.82) is 0 Å². The van der Waals surface area contributed by atoms with Gasteiger partial charge in [0, 0.05) is 37.2 Å². The Labute approximate surface area is 122 Å². The van der Waals surface area contributed by atoms with E-state index in [0.717, 1.165) is 30.8 Å². The fourth-order valence-corrected chi connectivity index (χ4v) is 2.69. The van der Waals surface area contributed by atoms with Crippen LogP contribution in [0.5, 0.6) is 0 Å². The van der Waals surface area contributed by atoms with E-state index in [1.165, 1.54) is 19.3 Å². The van der Waals surface area contributed by atoms with Gasteiger partial charge < -0.3 is 10.1 Å². The lowest BCUT2D eigenvalue weighted by atomic mass is 9.84. The first kappa shape index (κ1) is 15.4. The van der Waals surface area contributed by atoms with Crippen LogP contribution in [-0.2, 0) is 16.9 Å². The zero-order chi connectivity index (χ0) is 14.6. The second kappa shape index (κ2) is 6.19. The number of methoxy groups -OCH3 is 1. The summed E-state index contributed by atoms with van der Waals surface area (Å²) in [6, 6.07) is 0. The van der Waals surface area contributed by atoms with Gasteiger partial charge in [-0.15, -0.1) is 0 Å². The monoisotopic (exact) mass is 277 g/mol. The molecule has 1 saturated carbocycles. The van der Waals surface area contributed by atoms with Crippen LogP contribution in [-0.4, -0.2) is 22.6 Å². The summed E-state index contributed by atoms with van der Waals surface area (Å²) in [4.78, 5) is 9.14. The molecule has 0 aliphatic heterocycles. The van der Waals surface area contributed by atoms with Gasteiger partial charge in [0.25, 0.3) is 0 Å². The van der Waals surface area contributed by atoms with Crippen molar-refractivity contribution in [3.05, 3.63) is 23.8 Å². The maximum Gasteiger partial charge on any atom is 0.160 e. The first-order valence-corrected chi connectivity index (χ1v) is 7.57. The standard InChI is InChI=1S/C16H27N3O/c1-15(2,3)19-12-13-10-17-14(18-11-13)16(20-4)8-6-5-7-9-16/h10-11,19H,5-9,12H2,1-4H3. The van der Waals surface area contributed by atoms with Crippen LogP contribution in [0.1, 0.15) is 64.3 Å². The first-order chi connectivity index (χ1) is 9.45. The highest BCUT2D eigenvalue weighted by atomic mass is 16.5. The molecule has 1 aromatic heterocycles. The minimum absolute atomic E-state index is 0.107. The summed E-state index contributed by atoms with van der Waals surface area (Å²) in [6.07, 6.45) is 9.60. The van der Waals surface area contributed by atoms with Crippen molar-refractivity contribution in [2.75, 3.05) is 7.11 Å². The molecule has 112 valence electrons. The summed E-state index contributed by atoms with van der Waals surface area (Å²) >= 11 is 0. The van der Waals surface area contributed by atoms with Gasteiger partial charge in [0.15, 0.2) is 5.82 Å². The van der Waals surface area contributed by atoms with Crippen LogP contribution in [0.4, 0.5) is 0 Å². The molecule has 0 unspecified atom stereocenters. The third-order valence-electron chi connectivity index (χ3n) is 3.99. The molecular weight excluding hydrogens is 250 g/mol. The third kappa shape index (κ3) is 3.76. The number of nitrogens with one attached hydrogen (secondary N) is 1. The number of ether oxygens (including phenoxy) is 1. The van der Waals surface area contributed by atoms with Gasteiger partial charge in [-0.25, -0.2) is 9.97 Å². The summed E-state index contributed by atoms with van der Waals surface area (Å²) in [5, 5.41) is 3.45. The van der Waals surface area contributed by atoms with Crippen molar-refractivity contribution in [3.63, 3.8) is 0 Å². The molecule has 0 aromatic carbocycles. The largest absolute Gasteiger partial charge is 0.370 e. The highest BCUT2D eigenvalue weighted by Crippen LogP contribution is 2.37. The minimum atomic E-state index is -0.256. The Bertz CT molecular complexity index is 416. The highest BCUT2D eigenvalue weighted by Gasteiger charge is 2.36. The highest BCUT2D eigenvalue weighted by molar-refractivity contribution is 5.10. The molecule has 1 N–H and O–H groups in total. The Morgan fingerprint density at radius 1 is 1.15 bits per heavy atom. The second-order valence-corrected chi connectivity index (χ2v) is 6.78. The average Bonchev–Trinajstić information content (AvgIpc) is 2.46. The van der Waals surface area contributed by atoms with Crippen LogP contribution in [0.15, 0.2) is 12.4 Å². The smallest absolute Gasteiger partial charge is 0.160 e. The molecule has 0 spiro atoms. The van der Waals surface area contributed by atoms with E-state index >= 15 is 0 Å². The van der Waals surface area contributed by atoms with Gasteiger partial charge in [-0.1, -0.05) is 19.3 Å². The lowest BCUT2D eigenvalue weighted by Crippen LogP contribution is -2.35. The van der Waals surface area contributed by atoms with E-state index in [2.05, 4.69) is 36.1 Å². The molecular formula is C16H27N3O. The molecule has 1 aliphatic rings. The van der Waals surface area contributed by atoms with E-state index in [1.807, 2.05) is 12.4 Å². The molecule has 2 rings (SSSR count). The predicted molar refractivity (Wildman–Crippen MR) is 80.4 cm³/mol. The molecule has 1 fully saturated rings. The number of hydrogen-bond donors (Lipinski definition) is 1. The van der Waals surface area contributed by atoms with Crippen molar-refractivity contribution in [2.24, 2.45) is 0 Å². The van der Waals surface area contributed by atoms with Gasteiger partial charge in [-0.2, -0.15) is 0 Å². The Morgan fingerprint density at radius 2 is 1.75 bits per heavy atom. The third-order valence-corrected chi connectivity index (χ3v) is 3.99. The van der Waals surface area contributed by atoms with Gasteiger partial charge in [0.1, 0.15) is 5.60 Å². The average molecular weight is 277 g/mol. The van der Waals surface area contributed by atoms with Crippen LogP contribution < -0.4 is 5.32 Å². The van der Waals surface area contributed by atoms with E-state index in [4.69, 9.17) is 4.74 Å². The molecule has 4 heteroatoms. The summed E-state index contributed by atoms with van der Waals surface area (Å²) in [6.45, 7) is 7.27. The van der Waals surface area contributed by atoms with Crippen molar-refractivity contribution >= 4 is 0 Å². The van der Waals surface area contributed by atoms with E-state index in [0.29, 0.717) is 0 Å². The predicted octanol–water partition coefficient (Wildman–Crippen LogP) is 3.17. The fraction of sp³-hybridized carbons (Fsp3) is 0.750. The van der Waals surface area contributed by atoms with Crippen molar-refractivity contribution in [2.45, 2.75) is 70.6 Å². The SMILES string of the molecule is COC1(c2ncc(CNC(C)(C)C)cn2)CCCCC1. The zero-order valence-electron chi connectivity index (χ0n) is 13.2. The Morgan fingerprint density at radius 3 is 2.25 bits per heavy atom. The quantitative estimate of drug-likeness (QED) is 0.918. The van der Waals surface area contributed by atoms with E-state index in [1.54, 1.807) is 7.11 Å². The van der Waals surface area contributed by atoms with Crippen LogP contribution in [0.25, 0.3) is 0 Å². The van der Waals surface area contributed by atoms with E-state index < -0.39 is 0 Å². The maximum absolute atomic E-state index is 5.78. The number of nitrogens with zero attached hydrogens (tertiary/aromatic N) is 2. The van der Waals surface area contributed by atoms with Crippen molar-refractivity contribution in [3.8, 4) is 0 Å². The summed E-state index contributed by atoms with van der Waals surface area (Å²) in [5.74, 6) is 0.846. The maximum atomic E-state index is 5.78. The summed E-state index contributed by atoms with van der Waals surface area (Å²) < 4.78 is 5.78. The topological polar surface area (TPSA) is 47.0 Å². The Hall–Kier alpha value is -1.00. The number of hydrogen-bond acceptors (Lipinski definition) is 4. The molecule has 0 bridgehead atoms. The second-order valence-electron chi connectivity index (χ2n) is 6.78. The van der Waals surface area contributed by atoms with Gasteiger partial charge >= 0.3 is 0 Å². The molecule has 20 heavy (non-hydrogen) atoms. The number of rotatable bonds is 4. The Kier molecular flexibility index (Phi) is 4.76. The normalized spacial score (nSPS) is 19.0. The molecule has 0 amide bonds. The minimum Gasteiger partial charge on any atom is -0.370 e. The summed E-state index contributed by atoms with van der Waals surface area (Å²) in [7, 11) is 1.78.